The SMILES string of the molecule is COc1ccc(CNC(=O)[C@H](C)Sc2n[nH]c(-c3cccs3)n2)cc1. The molecule has 0 aliphatic rings. The van der Waals surface area contributed by atoms with Crippen LogP contribution in [0.25, 0.3) is 10.7 Å². The van der Waals surface area contributed by atoms with Crippen LogP contribution in [0.4, 0.5) is 0 Å². The molecule has 3 rings (SSSR count). The Morgan fingerprint density at radius 2 is 2.16 bits per heavy atom. The number of hydrogen-bond donors (Lipinski definition) is 2. The second-order valence-corrected chi connectivity index (χ2v) is 7.53. The van der Waals surface area contributed by atoms with Gasteiger partial charge in [0.05, 0.1) is 17.2 Å². The summed E-state index contributed by atoms with van der Waals surface area (Å²) in [7, 11) is 1.63. The molecule has 0 fully saturated rings. The molecule has 1 aromatic carbocycles. The van der Waals surface area contributed by atoms with E-state index in [9.17, 15) is 4.79 Å². The molecule has 3 aromatic rings. The van der Waals surface area contributed by atoms with Gasteiger partial charge >= 0.3 is 0 Å². The van der Waals surface area contributed by atoms with Crippen LogP contribution in [0.2, 0.25) is 0 Å². The van der Waals surface area contributed by atoms with E-state index in [0.717, 1.165) is 22.0 Å². The molecule has 2 heterocycles. The Balaban J connectivity index is 1.52. The largest absolute Gasteiger partial charge is 0.497 e. The van der Waals surface area contributed by atoms with E-state index in [1.807, 2.05) is 48.7 Å². The van der Waals surface area contributed by atoms with Crippen molar-refractivity contribution in [2.24, 2.45) is 0 Å². The fraction of sp³-hybridized carbons (Fsp3) is 0.235. The molecule has 130 valence electrons. The minimum Gasteiger partial charge on any atom is -0.497 e. The minimum atomic E-state index is -0.287. The molecule has 0 radical (unpaired) electrons. The van der Waals surface area contributed by atoms with Crippen molar-refractivity contribution in [2.75, 3.05) is 7.11 Å². The predicted molar refractivity (Wildman–Crippen MR) is 99.9 cm³/mol. The zero-order valence-electron chi connectivity index (χ0n) is 13.9. The predicted octanol–water partition coefficient (Wildman–Crippen LogP) is 3.34. The summed E-state index contributed by atoms with van der Waals surface area (Å²) < 4.78 is 5.12. The Labute approximate surface area is 154 Å². The fourth-order valence-corrected chi connectivity index (χ4v) is 3.52. The van der Waals surface area contributed by atoms with E-state index < -0.39 is 0 Å². The van der Waals surface area contributed by atoms with Crippen molar-refractivity contribution >= 4 is 29.0 Å². The molecule has 0 bridgehead atoms. The van der Waals surface area contributed by atoms with E-state index >= 15 is 0 Å². The highest BCUT2D eigenvalue weighted by Gasteiger charge is 2.17. The number of benzene rings is 1. The quantitative estimate of drug-likeness (QED) is 0.620. The highest BCUT2D eigenvalue weighted by atomic mass is 32.2. The van der Waals surface area contributed by atoms with E-state index in [1.165, 1.54) is 11.8 Å². The summed E-state index contributed by atoms with van der Waals surface area (Å²) in [5.74, 6) is 1.47. The maximum Gasteiger partial charge on any atom is 0.233 e. The number of methoxy groups -OCH3 is 1. The van der Waals surface area contributed by atoms with E-state index in [0.29, 0.717) is 11.7 Å². The van der Waals surface area contributed by atoms with Gasteiger partial charge in [0, 0.05) is 6.54 Å². The first kappa shape index (κ1) is 17.5. The van der Waals surface area contributed by atoms with Crippen molar-refractivity contribution in [2.45, 2.75) is 23.9 Å². The number of amides is 1. The summed E-state index contributed by atoms with van der Waals surface area (Å²) in [6.45, 7) is 2.32. The summed E-state index contributed by atoms with van der Waals surface area (Å²) in [6, 6.07) is 11.5. The third kappa shape index (κ3) is 4.61. The van der Waals surface area contributed by atoms with Crippen LogP contribution in [0.15, 0.2) is 46.9 Å². The Kier molecular flexibility index (Phi) is 5.72. The maximum atomic E-state index is 12.3. The molecule has 0 aliphatic heterocycles. The lowest BCUT2D eigenvalue weighted by molar-refractivity contribution is -0.120. The highest BCUT2D eigenvalue weighted by molar-refractivity contribution is 8.00. The monoisotopic (exact) mass is 374 g/mol. The first-order valence-corrected chi connectivity index (χ1v) is 9.45. The van der Waals surface area contributed by atoms with Gasteiger partial charge in [-0.1, -0.05) is 30.0 Å². The van der Waals surface area contributed by atoms with E-state index in [-0.39, 0.29) is 11.2 Å². The third-order valence-corrected chi connectivity index (χ3v) is 5.33. The van der Waals surface area contributed by atoms with Gasteiger partial charge in [-0.2, -0.15) is 0 Å². The molecular formula is C17H18N4O2S2. The van der Waals surface area contributed by atoms with Crippen molar-refractivity contribution in [1.29, 1.82) is 0 Å². The first-order chi connectivity index (χ1) is 12.2. The number of H-pyrrole nitrogens is 1. The normalized spacial score (nSPS) is 11.9. The van der Waals surface area contributed by atoms with E-state index in [4.69, 9.17) is 4.74 Å². The second-order valence-electron chi connectivity index (χ2n) is 5.27. The Morgan fingerprint density at radius 3 is 2.84 bits per heavy atom. The molecule has 0 saturated heterocycles. The second kappa shape index (κ2) is 8.17. The number of carbonyl (C=O) groups excluding carboxylic acids is 1. The van der Waals surface area contributed by atoms with Crippen LogP contribution >= 0.6 is 23.1 Å². The van der Waals surface area contributed by atoms with Crippen LogP contribution in [0, 0.1) is 0 Å². The number of thiophene rings is 1. The number of aromatic nitrogens is 3. The van der Waals surface area contributed by atoms with Gasteiger partial charge in [0.2, 0.25) is 11.1 Å². The third-order valence-electron chi connectivity index (χ3n) is 3.50. The Hall–Kier alpha value is -2.32. The van der Waals surface area contributed by atoms with Crippen molar-refractivity contribution in [3.05, 3.63) is 47.3 Å². The van der Waals surface area contributed by atoms with Crippen LogP contribution in [-0.4, -0.2) is 33.4 Å². The molecule has 2 aromatic heterocycles. The Bertz CT molecular complexity index is 816. The Morgan fingerprint density at radius 1 is 1.36 bits per heavy atom. The molecule has 6 nitrogen and oxygen atoms in total. The molecule has 2 N–H and O–H groups in total. The van der Waals surface area contributed by atoms with Crippen molar-refractivity contribution in [3.63, 3.8) is 0 Å². The van der Waals surface area contributed by atoms with E-state index in [1.54, 1.807) is 18.4 Å². The topological polar surface area (TPSA) is 79.9 Å². The summed E-state index contributed by atoms with van der Waals surface area (Å²) >= 11 is 2.92. The minimum absolute atomic E-state index is 0.0525. The van der Waals surface area contributed by atoms with Crippen molar-refractivity contribution < 1.29 is 9.53 Å². The molecule has 1 amide bonds. The van der Waals surface area contributed by atoms with Crippen LogP contribution < -0.4 is 10.1 Å². The van der Waals surface area contributed by atoms with Gasteiger partial charge in [0.15, 0.2) is 5.82 Å². The van der Waals surface area contributed by atoms with Gasteiger partial charge in [-0.15, -0.1) is 16.4 Å². The van der Waals surface area contributed by atoms with Crippen LogP contribution in [-0.2, 0) is 11.3 Å². The average molecular weight is 374 g/mol. The lowest BCUT2D eigenvalue weighted by Crippen LogP contribution is -2.30. The zero-order valence-corrected chi connectivity index (χ0v) is 15.5. The molecule has 25 heavy (non-hydrogen) atoms. The average Bonchev–Trinajstić information content (AvgIpc) is 3.31. The number of nitrogens with zero attached hydrogens (tertiary/aromatic N) is 2. The highest BCUT2D eigenvalue weighted by Crippen LogP contribution is 2.25. The molecule has 1 atom stereocenters. The van der Waals surface area contributed by atoms with Gasteiger partial charge in [-0.3, -0.25) is 9.89 Å². The molecule has 0 spiro atoms. The molecule has 0 saturated carbocycles. The standard InChI is InChI=1S/C17H18N4O2S2/c1-11(16(22)18-10-12-5-7-13(23-2)8-6-12)25-17-19-15(20-21-17)14-4-3-9-24-14/h3-9,11H,10H2,1-2H3,(H,18,22)(H,19,20,21)/t11-/m0/s1. The number of thioether (sulfide) groups is 1. The molecule has 8 heteroatoms. The van der Waals surface area contributed by atoms with Crippen molar-refractivity contribution in [3.8, 4) is 16.5 Å². The summed E-state index contributed by atoms with van der Waals surface area (Å²) in [5, 5.41) is 12.3. The van der Waals surface area contributed by atoms with Crippen LogP contribution in [0.5, 0.6) is 5.75 Å². The van der Waals surface area contributed by atoms with Crippen molar-refractivity contribution in [1.82, 2.24) is 20.5 Å². The van der Waals surface area contributed by atoms with Crippen LogP contribution in [0.3, 0.4) is 0 Å². The number of aromatic amines is 1. The van der Waals surface area contributed by atoms with Gasteiger partial charge < -0.3 is 10.1 Å². The van der Waals surface area contributed by atoms with Gasteiger partial charge in [-0.25, -0.2) is 4.98 Å². The molecule has 0 unspecified atom stereocenters. The number of nitrogens with one attached hydrogen (secondary N) is 2. The van der Waals surface area contributed by atoms with Crippen LogP contribution in [0.1, 0.15) is 12.5 Å². The lowest BCUT2D eigenvalue weighted by atomic mass is 10.2. The number of carbonyl (C=O) groups is 1. The van der Waals surface area contributed by atoms with Gasteiger partial charge in [0.1, 0.15) is 5.75 Å². The van der Waals surface area contributed by atoms with E-state index in [2.05, 4.69) is 20.5 Å². The molecular weight excluding hydrogens is 356 g/mol. The van der Waals surface area contributed by atoms with Gasteiger partial charge in [0.25, 0.3) is 0 Å². The molecule has 0 aliphatic carbocycles. The smallest absolute Gasteiger partial charge is 0.233 e. The fourth-order valence-electron chi connectivity index (χ4n) is 2.11. The summed E-state index contributed by atoms with van der Waals surface area (Å²) in [5.41, 5.74) is 1.02. The zero-order chi connectivity index (χ0) is 17.6. The number of ether oxygens (including phenoxy) is 1. The van der Waals surface area contributed by atoms with Gasteiger partial charge in [-0.05, 0) is 36.1 Å². The number of rotatable bonds is 7. The summed E-state index contributed by atoms with van der Waals surface area (Å²) in [4.78, 5) is 17.7. The number of hydrogen-bond acceptors (Lipinski definition) is 6. The lowest BCUT2D eigenvalue weighted by Gasteiger charge is -2.10. The summed E-state index contributed by atoms with van der Waals surface area (Å²) in [6.07, 6.45) is 0. The maximum absolute atomic E-state index is 12.3. The first-order valence-electron chi connectivity index (χ1n) is 7.69.